The Morgan fingerprint density at radius 1 is 0.167 bits per heavy atom. The summed E-state index contributed by atoms with van der Waals surface area (Å²) < 4.78 is 0. The number of rotatable bonds is 44. The van der Waals surface area contributed by atoms with E-state index in [-0.39, 0.29) is 0 Å². The molecule has 13 aromatic carbocycles. The average molecular weight is 1360 g/mol. The predicted octanol–water partition coefficient (Wildman–Crippen LogP) is 32.8. The number of aryl methyl sites for hydroxylation is 6. The van der Waals surface area contributed by atoms with E-state index in [0.717, 1.165) is 68.1 Å². The summed E-state index contributed by atoms with van der Waals surface area (Å²) in [5.41, 5.74) is 9.32. The molecular formula is C102H138. The third-order valence-corrected chi connectivity index (χ3v) is 26.3. The van der Waals surface area contributed by atoms with E-state index >= 15 is 0 Å². The largest absolute Gasteiger partial charge is 0.0654 e. The van der Waals surface area contributed by atoms with Crippen LogP contribution in [0.1, 0.15) is 324 Å². The molecule has 13 aromatic rings. The van der Waals surface area contributed by atoms with E-state index in [0.29, 0.717) is 29.6 Å². The lowest BCUT2D eigenvalue weighted by Crippen LogP contribution is -2.04. The monoisotopic (exact) mass is 1360 g/mol. The van der Waals surface area contributed by atoms with Gasteiger partial charge in [-0.25, -0.2) is 0 Å². The molecule has 5 unspecified atom stereocenters. The van der Waals surface area contributed by atoms with Crippen LogP contribution < -0.4 is 0 Å². The van der Waals surface area contributed by atoms with Crippen molar-refractivity contribution in [2.24, 2.45) is 59.2 Å². The van der Waals surface area contributed by atoms with E-state index in [1.807, 2.05) is 0 Å². The Morgan fingerprint density at radius 3 is 0.510 bits per heavy atom. The summed E-state index contributed by atoms with van der Waals surface area (Å²) in [4.78, 5) is 0. The Kier molecular flexibility index (Phi) is 24.3. The van der Waals surface area contributed by atoms with Gasteiger partial charge in [-0.3, -0.25) is 0 Å². The zero-order valence-electron chi connectivity index (χ0n) is 67.7. The van der Waals surface area contributed by atoms with Gasteiger partial charge in [0.15, 0.2) is 0 Å². The number of fused-ring (bicyclic) bond motifs is 6. The Balaban J connectivity index is 1.14. The van der Waals surface area contributed by atoms with Gasteiger partial charge in [0.05, 0.1) is 0 Å². The summed E-state index contributed by atoms with van der Waals surface area (Å²) in [7, 11) is 0. The van der Waals surface area contributed by atoms with Crippen molar-refractivity contribution < 1.29 is 0 Å². The molecule has 0 bridgehead atoms. The van der Waals surface area contributed by atoms with Crippen molar-refractivity contribution in [1.82, 2.24) is 0 Å². The van der Waals surface area contributed by atoms with E-state index in [1.54, 1.807) is 98.0 Å². The summed E-state index contributed by atoms with van der Waals surface area (Å²) in [6, 6.07) is 33.5. The summed E-state index contributed by atoms with van der Waals surface area (Å²) in [5.74, 6) is 7.30. The molecule has 0 N–H and O–H groups in total. The van der Waals surface area contributed by atoms with Gasteiger partial charge in [0, 0.05) is 0 Å². The third kappa shape index (κ3) is 16.0. The second kappa shape index (κ2) is 33.1. The minimum absolute atomic E-state index is 0.695. The Bertz CT molecular complexity index is 4530. The first-order chi connectivity index (χ1) is 49.2. The molecule has 0 heteroatoms. The molecule has 0 aliphatic rings. The fraction of sp³-hybridized carbons (Fsp3) is 0.588. The molecule has 0 amide bonds. The highest BCUT2D eigenvalue weighted by Gasteiger charge is 2.33. The minimum Gasteiger partial charge on any atom is -0.0654 e. The second-order valence-corrected chi connectivity index (χ2v) is 37.7. The van der Waals surface area contributed by atoms with Crippen molar-refractivity contribution in [1.29, 1.82) is 0 Å². The van der Waals surface area contributed by atoms with Crippen LogP contribution in [-0.2, 0) is 38.5 Å². The normalized spacial score (nSPS) is 14.7. The number of hydrogen-bond acceptors (Lipinski definition) is 0. The first-order valence-corrected chi connectivity index (χ1v) is 43.5. The van der Waals surface area contributed by atoms with E-state index in [4.69, 9.17) is 0 Å². The highest BCUT2D eigenvalue weighted by atomic mass is 14.4. The zero-order chi connectivity index (χ0) is 71.6. The van der Waals surface area contributed by atoms with E-state index in [9.17, 15) is 0 Å². The molecule has 0 spiro atoms. The predicted molar refractivity (Wildman–Crippen MR) is 461 cm³/mol. The van der Waals surface area contributed by atoms with Gasteiger partial charge in [-0.05, 0) is 299 Å². The minimum atomic E-state index is 0.695. The number of unbranched alkanes of at least 4 members (excludes halogenated alkanes) is 7. The van der Waals surface area contributed by atoms with Crippen molar-refractivity contribution in [3.05, 3.63) is 106 Å². The molecule has 13 rings (SSSR count). The molecule has 5 atom stereocenters. The molecule has 0 aliphatic carbocycles. The standard InChI is InChI=1S/C102H138/c1-17-18-19-20-21-22-23-24-40-73-51-79-81-53-74(46-41-68(12)35-25-30-63(2)3)55-83-85-57-76(48-43-70(14)37-27-32-65(6)7)59-87-89-61-78(50-45-72(16)39-29-34-67(10)11)62-90-88-60-77(49-44-71(15)38-28-33-66(8)9)58-86-84-56-75(47-42-69(13)36-26-31-64(4)5)54-82-80(52-73)91(79)97-98(92(81)83)100(94(85)87)102(96(89)90)101(95(86)88)99(97)93(82)84/h51-72H,17-50H2,1-16H3. The SMILES string of the molecule is CCCCCCCCCCc1cc2c3cc(CCC(C)CCCC(C)C)cc4c5cc(CCC(C)CCCC(C)C)cc6c7cc(CCC(C)CCCC(C)C)cc8c9cc(CCC(C)CCCC(C)C)cc%10c%11cc(CCC(C)CCCC(C)C)cc%12c(c1)c2c1c(c34)c(c56)c(c78)c(c%109)c1c%12%11. The fourth-order valence-electron chi connectivity index (χ4n) is 20.1. The molecule has 0 fully saturated rings. The maximum atomic E-state index is 2.79. The van der Waals surface area contributed by atoms with Crippen molar-refractivity contribution in [2.75, 3.05) is 0 Å². The van der Waals surface area contributed by atoms with Gasteiger partial charge >= 0.3 is 0 Å². The van der Waals surface area contributed by atoms with Gasteiger partial charge in [0.2, 0.25) is 0 Å². The van der Waals surface area contributed by atoms with Gasteiger partial charge in [0.25, 0.3) is 0 Å². The van der Waals surface area contributed by atoms with Gasteiger partial charge in [-0.15, -0.1) is 0 Å². The van der Waals surface area contributed by atoms with Crippen LogP contribution in [0.15, 0.2) is 72.8 Å². The Morgan fingerprint density at radius 2 is 0.333 bits per heavy atom. The lowest BCUT2D eigenvalue weighted by molar-refractivity contribution is 0.437. The van der Waals surface area contributed by atoms with Crippen LogP contribution in [-0.4, -0.2) is 0 Å². The van der Waals surface area contributed by atoms with Crippen LogP contribution in [0.4, 0.5) is 0 Å². The van der Waals surface area contributed by atoms with Gasteiger partial charge in [-0.2, -0.15) is 0 Å². The van der Waals surface area contributed by atoms with Crippen molar-refractivity contribution in [3.63, 3.8) is 0 Å². The summed E-state index contributed by atoms with van der Waals surface area (Å²) in [5, 5.41) is 37.2. The summed E-state index contributed by atoms with van der Waals surface area (Å²) >= 11 is 0. The second-order valence-electron chi connectivity index (χ2n) is 37.7. The zero-order valence-corrected chi connectivity index (χ0v) is 67.7. The van der Waals surface area contributed by atoms with Crippen LogP contribution in [0, 0.1) is 59.2 Å². The molecule has 0 aliphatic heterocycles. The highest BCUT2D eigenvalue weighted by molar-refractivity contribution is 6.61. The lowest BCUT2D eigenvalue weighted by Gasteiger charge is -2.30. The van der Waals surface area contributed by atoms with Gasteiger partial charge in [0.1, 0.15) is 0 Å². The molecular weight excluding hydrogens is 1230 g/mol. The first kappa shape index (κ1) is 74.8. The molecule has 0 nitrogen and oxygen atoms in total. The van der Waals surface area contributed by atoms with Crippen molar-refractivity contribution >= 4 is 129 Å². The first-order valence-electron chi connectivity index (χ1n) is 43.5. The van der Waals surface area contributed by atoms with Crippen LogP contribution in [0.3, 0.4) is 0 Å². The molecule has 0 heterocycles. The molecule has 0 radical (unpaired) electrons. The maximum absolute atomic E-state index is 2.79. The molecule has 0 aromatic heterocycles. The lowest BCUT2D eigenvalue weighted by atomic mass is 9.72. The third-order valence-electron chi connectivity index (χ3n) is 26.3. The van der Waals surface area contributed by atoms with Crippen LogP contribution in [0.2, 0.25) is 0 Å². The fourth-order valence-corrected chi connectivity index (χ4v) is 20.1. The van der Waals surface area contributed by atoms with Crippen molar-refractivity contribution in [2.45, 2.75) is 329 Å². The summed E-state index contributed by atoms with van der Waals surface area (Å²) in [6.07, 6.45) is 43.7. The quantitative estimate of drug-likeness (QED) is 0.0203. The molecule has 0 saturated heterocycles. The smallest absolute Gasteiger partial charge is 0.0000472 e. The molecule has 546 valence electrons. The van der Waals surface area contributed by atoms with E-state index in [2.05, 4.69) is 184 Å². The Labute approximate surface area is 619 Å². The van der Waals surface area contributed by atoms with Gasteiger partial charge < -0.3 is 0 Å². The Hall–Kier alpha value is -5.46. The molecule has 0 saturated carbocycles. The van der Waals surface area contributed by atoms with E-state index < -0.39 is 0 Å². The highest BCUT2D eigenvalue weighted by Crippen LogP contribution is 2.61. The average Bonchev–Trinajstić information content (AvgIpc) is 0.643. The van der Waals surface area contributed by atoms with Gasteiger partial charge in [-0.1, -0.05) is 325 Å². The summed E-state index contributed by atoms with van der Waals surface area (Å²) in [6.45, 7) is 39.3. The maximum Gasteiger partial charge on any atom is -0.0000472 e. The molecule has 102 heavy (non-hydrogen) atoms. The van der Waals surface area contributed by atoms with Crippen LogP contribution in [0.25, 0.3) is 129 Å². The topological polar surface area (TPSA) is 0 Å². The number of hydrogen-bond donors (Lipinski definition) is 0. The van der Waals surface area contributed by atoms with E-state index in [1.165, 1.54) is 244 Å². The van der Waals surface area contributed by atoms with Crippen LogP contribution >= 0.6 is 0 Å². The van der Waals surface area contributed by atoms with Crippen molar-refractivity contribution in [3.8, 4) is 0 Å². The number of benzene rings is 13. The van der Waals surface area contributed by atoms with Crippen LogP contribution in [0.5, 0.6) is 0 Å².